The van der Waals surface area contributed by atoms with Crippen molar-refractivity contribution in [3.05, 3.63) is 36.2 Å². The van der Waals surface area contributed by atoms with Crippen molar-refractivity contribution >= 4 is 27.4 Å². The summed E-state index contributed by atoms with van der Waals surface area (Å²) in [5, 5.41) is 0. The number of carbonyl (C=O) groups excluding carboxylic acids is 1. The van der Waals surface area contributed by atoms with Crippen molar-refractivity contribution in [3.8, 4) is 5.88 Å². The van der Waals surface area contributed by atoms with Crippen LogP contribution in [0.1, 0.15) is 32.3 Å². The molecule has 4 rings (SSSR count). The third kappa shape index (κ3) is 6.01. The normalized spacial score (nSPS) is 16.5. The number of ether oxygens (including phenoxy) is 2. The molecule has 1 aromatic carbocycles. The summed E-state index contributed by atoms with van der Waals surface area (Å²) in [4.78, 5) is 24.5. The van der Waals surface area contributed by atoms with Crippen molar-refractivity contribution in [3.63, 3.8) is 0 Å². The minimum atomic E-state index is -3.31. The van der Waals surface area contributed by atoms with Gasteiger partial charge in [-0.3, -0.25) is 0 Å². The number of amides is 1. The Labute approximate surface area is 205 Å². The van der Waals surface area contributed by atoms with Gasteiger partial charge in [-0.2, -0.15) is 0 Å². The van der Waals surface area contributed by atoms with Gasteiger partial charge >= 0.3 is 6.09 Å². The standard InChI is InChI=1S/C24H31FN4O5S/c1-17(2)15-35(31,32)20-3-4-21-18(13-20)5-11-29(21)22-14-23(27-16-26-22)34-19-6-9-28(10-7-19)24(30)33-12-8-25/h3-4,13-14,16-17,19H,5-12,15H2,1-2H3. The Morgan fingerprint density at radius 1 is 1.17 bits per heavy atom. The first-order chi connectivity index (χ1) is 16.8. The number of alkyl halides is 1. The Balaban J connectivity index is 1.40. The number of anilines is 2. The first-order valence-corrected chi connectivity index (χ1v) is 13.5. The number of carbonyl (C=O) groups is 1. The Morgan fingerprint density at radius 3 is 2.66 bits per heavy atom. The highest BCUT2D eigenvalue weighted by molar-refractivity contribution is 7.91. The molecular weight excluding hydrogens is 475 g/mol. The van der Waals surface area contributed by atoms with Gasteiger partial charge < -0.3 is 19.3 Å². The van der Waals surface area contributed by atoms with Crippen molar-refractivity contribution < 1.29 is 27.1 Å². The second kappa shape index (κ2) is 10.8. The molecule has 11 heteroatoms. The van der Waals surface area contributed by atoms with E-state index in [1.54, 1.807) is 23.1 Å². The predicted octanol–water partition coefficient (Wildman–Crippen LogP) is 3.55. The average molecular weight is 507 g/mol. The highest BCUT2D eigenvalue weighted by Crippen LogP contribution is 2.36. The molecule has 1 amide bonds. The minimum absolute atomic E-state index is 0.0617. The quantitative estimate of drug-likeness (QED) is 0.536. The van der Waals surface area contributed by atoms with E-state index >= 15 is 0 Å². The van der Waals surface area contributed by atoms with Crippen LogP contribution in [0, 0.1) is 5.92 Å². The molecule has 2 aliphatic rings. The van der Waals surface area contributed by atoms with E-state index in [1.807, 2.05) is 24.8 Å². The van der Waals surface area contributed by atoms with Crippen LogP contribution in [0.3, 0.4) is 0 Å². The third-order valence-corrected chi connectivity index (χ3v) is 8.13. The van der Waals surface area contributed by atoms with Gasteiger partial charge in [-0.25, -0.2) is 27.6 Å². The molecule has 0 aliphatic carbocycles. The molecule has 190 valence electrons. The molecule has 0 atom stereocenters. The van der Waals surface area contributed by atoms with E-state index < -0.39 is 22.6 Å². The monoisotopic (exact) mass is 506 g/mol. The van der Waals surface area contributed by atoms with Crippen LogP contribution in [0.4, 0.5) is 20.7 Å². The summed E-state index contributed by atoms with van der Waals surface area (Å²) in [6.45, 7) is 4.49. The zero-order valence-corrected chi connectivity index (χ0v) is 20.8. The van der Waals surface area contributed by atoms with E-state index in [4.69, 9.17) is 9.47 Å². The fourth-order valence-electron chi connectivity index (χ4n) is 4.43. The predicted molar refractivity (Wildman–Crippen MR) is 129 cm³/mol. The average Bonchev–Trinajstić information content (AvgIpc) is 3.26. The Bertz CT molecular complexity index is 1150. The van der Waals surface area contributed by atoms with Crippen LogP contribution in [0.5, 0.6) is 5.88 Å². The van der Waals surface area contributed by atoms with Crippen molar-refractivity contribution in [2.75, 3.05) is 43.6 Å². The highest BCUT2D eigenvalue weighted by Gasteiger charge is 2.27. The maximum atomic E-state index is 12.6. The largest absolute Gasteiger partial charge is 0.474 e. The SMILES string of the molecule is CC(C)CS(=O)(=O)c1ccc2c(c1)CCN2c1cc(OC2CCN(C(=O)OCCF)CC2)ncn1. The second-order valence-electron chi connectivity index (χ2n) is 9.19. The molecule has 0 bridgehead atoms. The van der Waals surface area contributed by atoms with E-state index in [-0.39, 0.29) is 24.4 Å². The Hall–Kier alpha value is -2.95. The van der Waals surface area contributed by atoms with Crippen LogP contribution in [0.15, 0.2) is 35.5 Å². The van der Waals surface area contributed by atoms with Crippen LogP contribution >= 0.6 is 0 Å². The van der Waals surface area contributed by atoms with Gasteiger partial charge in [0.1, 0.15) is 31.5 Å². The summed E-state index contributed by atoms with van der Waals surface area (Å²) in [6, 6.07) is 7.06. The minimum Gasteiger partial charge on any atom is -0.474 e. The third-order valence-electron chi connectivity index (χ3n) is 6.05. The molecule has 1 aromatic heterocycles. The molecule has 0 saturated carbocycles. The number of sulfone groups is 1. The van der Waals surface area contributed by atoms with Gasteiger partial charge in [0, 0.05) is 44.2 Å². The fourth-order valence-corrected chi connectivity index (χ4v) is 6.10. The molecular formula is C24H31FN4O5S. The topological polar surface area (TPSA) is 102 Å². The number of hydrogen-bond donors (Lipinski definition) is 0. The summed E-state index contributed by atoms with van der Waals surface area (Å²) in [7, 11) is -3.31. The lowest BCUT2D eigenvalue weighted by molar-refractivity contribution is 0.0632. The fraction of sp³-hybridized carbons (Fsp3) is 0.542. The van der Waals surface area contributed by atoms with E-state index in [9.17, 15) is 17.6 Å². The van der Waals surface area contributed by atoms with Crippen LogP contribution < -0.4 is 9.64 Å². The second-order valence-corrected chi connectivity index (χ2v) is 11.2. The number of halogens is 1. The van der Waals surface area contributed by atoms with Crippen LogP contribution in [-0.4, -0.2) is 74.2 Å². The molecule has 35 heavy (non-hydrogen) atoms. The zero-order valence-electron chi connectivity index (χ0n) is 20.0. The summed E-state index contributed by atoms with van der Waals surface area (Å²) in [6.07, 6.45) is 2.79. The molecule has 1 saturated heterocycles. The molecule has 0 radical (unpaired) electrons. The first-order valence-electron chi connectivity index (χ1n) is 11.9. The lowest BCUT2D eigenvalue weighted by Crippen LogP contribution is -2.42. The summed E-state index contributed by atoms with van der Waals surface area (Å²) >= 11 is 0. The summed E-state index contributed by atoms with van der Waals surface area (Å²) in [5.74, 6) is 1.31. The highest BCUT2D eigenvalue weighted by atomic mass is 32.2. The molecule has 2 aliphatic heterocycles. The van der Waals surface area contributed by atoms with Gasteiger partial charge in [-0.15, -0.1) is 0 Å². The van der Waals surface area contributed by atoms with Crippen molar-refractivity contribution in [1.29, 1.82) is 0 Å². The zero-order chi connectivity index (χ0) is 25.0. The lowest BCUT2D eigenvalue weighted by atomic mass is 10.1. The van der Waals surface area contributed by atoms with E-state index in [0.717, 1.165) is 17.7 Å². The summed E-state index contributed by atoms with van der Waals surface area (Å²) in [5.41, 5.74) is 1.90. The number of hydrogen-bond acceptors (Lipinski definition) is 8. The molecule has 0 unspecified atom stereocenters. The maximum Gasteiger partial charge on any atom is 0.409 e. The molecule has 9 nitrogen and oxygen atoms in total. The molecule has 2 aromatic rings. The number of rotatable bonds is 8. The number of fused-ring (bicyclic) bond motifs is 1. The van der Waals surface area contributed by atoms with Gasteiger partial charge in [-0.1, -0.05) is 13.8 Å². The number of likely N-dealkylation sites (tertiary alicyclic amines) is 1. The number of benzene rings is 1. The van der Waals surface area contributed by atoms with Crippen molar-refractivity contribution in [1.82, 2.24) is 14.9 Å². The van der Waals surface area contributed by atoms with E-state index in [2.05, 4.69) is 9.97 Å². The molecule has 0 spiro atoms. The Kier molecular flexibility index (Phi) is 7.73. The van der Waals surface area contributed by atoms with Gasteiger partial charge in [0.25, 0.3) is 0 Å². The van der Waals surface area contributed by atoms with Gasteiger partial charge in [0.2, 0.25) is 5.88 Å². The smallest absolute Gasteiger partial charge is 0.409 e. The first kappa shape index (κ1) is 25.2. The lowest BCUT2D eigenvalue weighted by Gasteiger charge is -2.31. The van der Waals surface area contributed by atoms with Crippen molar-refractivity contribution in [2.24, 2.45) is 5.92 Å². The van der Waals surface area contributed by atoms with Gasteiger partial charge in [0.15, 0.2) is 9.84 Å². The molecule has 0 N–H and O–H groups in total. The summed E-state index contributed by atoms with van der Waals surface area (Å²) < 4.78 is 48.4. The van der Waals surface area contributed by atoms with Gasteiger partial charge in [-0.05, 0) is 36.1 Å². The number of nitrogens with zero attached hydrogens (tertiary/aromatic N) is 4. The number of aromatic nitrogens is 2. The van der Waals surface area contributed by atoms with E-state index in [0.29, 0.717) is 49.1 Å². The van der Waals surface area contributed by atoms with E-state index in [1.165, 1.54) is 6.33 Å². The van der Waals surface area contributed by atoms with Crippen molar-refractivity contribution in [2.45, 2.75) is 44.1 Å². The van der Waals surface area contributed by atoms with Gasteiger partial charge in [0.05, 0.1) is 10.6 Å². The Morgan fingerprint density at radius 2 is 1.94 bits per heavy atom. The molecule has 3 heterocycles. The van der Waals surface area contributed by atoms with Crippen LogP contribution in [-0.2, 0) is 21.0 Å². The van der Waals surface area contributed by atoms with Crippen LogP contribution in [0.2, 0.25) is 0 Å². The molecule has 1 fully saturated rings. The maximum absolute atomic E-state index is 12.6. The number of piperidine rings is 1. The van der Waals surface area contributed by atoms with Crippen LogP contribution in [0.25, 0.3) is 0 Å².